The van der Waals surface area contributed by atoms with Crippen LogP contribution in [-0.4, -0.2) is 46.4 Å². The van der Waals surface area contributed by atoms with E-state index in [1.54, 1.807) is 0 Å². The molecule has 7 nitrogen and oxygen atoms in total. The van der Waals surface area contributed by atoms with Crippen LogP contribution < -0.4 is 0 Å². The summed E-state index contributed by atoms with van der Waals surface area (Å²) in [5.41, 5.74) is 8.14. The summed E-state index contributed by atoms with van der Waals surface area (Å²) in [6.45, 7) is 0.356. The topological polar surface area (TPSA) is 110 Å². The molecule has 0 spiro atoms. The summed E-state index contributed by atoms with van der Waals surface area (Å²) < 4.78 is 0. The number of hydrogen-bond donors (Lipinski definition) is 2. The minimum atomic E-state index is -1.05. The molecule has 2 N–H and O–H groups in total. The summed E-state index contributed by atoms with van der Waals surface area (Å²) in [6, 6.07) is -0.658. The molecule has 13 heavy (non-hydrogen) atoms. The summed E-state index contributed by atoms with van der Waals surface area (Å²) in [6.07, 6.45) is -1.47. The Kier molecular flexibility index (Phi) is 2.94. The Morgan fingerprint density at radius 2 is 2.38 bits per heavy atom. The Bertz CT molecular complexity index is 250. The molecule has 1 aliphatic heterocycles. The third-order valence-corrected chi connectivity index (χ3v) is 2.02. The van der Waals surface area contributed by atoms with Crippen molar-refractivity contribution in [3.63, 3.8) is 0 Å². The smallest absolute Gasteiger partial charge is 0.407 e. The van der Waals surface area contributed by atoms with Crippen molar-refractivity contribution in [1.82, 2.24) is 4.90 Å². The van der Waals surface area contributed by atoms with E-state index in [2.05, 4.69) is 10.0 Å². The van der Waals surface area contributed by atoms with Crippen molar-refractivity contribution in [2.45, 2.75) is 18.6 Å². The number of amides is 1. The lowest BCUT2D eigenvalue weighted by molar-refractivity contribution is 0.0608. The lowest BCUT2D eigenvalue weighted by Crippen LogP contribution is -2.47. The molecule has 7 heteroatoms. The van der Waals surface area contributed by atoms with Gasteiger partial charge in [0, 0.05) is 18.0 Å². The summed E-state index contributed by atoms with van der Waals surface area (Å²) in [7, 11) is 0. The summed E-state index contributed by atoms with van der Waals surface area (Å²) >= 11 is 0. The van der Waals surface area contributed by atoms with Gasteiger partial charge in [0.2, 0.25) is 0 Å². The monoisotopic (exact) mass is 186 g/mol. The number of aliphatic hydroxyl groups excluding tert-OH is 1. The molecule has 0 aliphatic carbocycles. The molecular formula is C6H10N4O3. The van der Waals surface area contributed by atoms with Gasteiger partial charge in [0.25, 0.3) is 0 Å². The van der Waals surface area contributed by atoms with Gasteiger partial charge in [-0.1, -0.05) is 5.11 Å². The average molecular weight is 186 g/mol. The van der Waals surface area contributed by atoms with E-state index >= 15 is 0 Å². The Hall–Kier alpha value is -1.46. The number of likely N-dealkylation sites (tertiary alicyclic amines) is 1. The number of piperidine rings is 1. The number of carbonyl (C=O) groups is 1. The molecule has 1 heterocycles. The van der Waals surface area contributed by atoms with Crippen LogP contribution in [0.3, 0.4) is 0 Å². The maximum Gasteiger partial charge on any atom is 0.407 e. The highest BCUT2D eigenvalue weighted by Gasteiger charge is 2.29. The molecule has 1 rings (SSSR count). The lowest BCUT2D eigenvalue weighted by Gasteiger charge is -2.31. The SMILES string of the molecule is [N-]=[N+]=N[C@H]1CN(C(=O)O)CC[C@@H]1O. The Balaban J connectivity index is 2.62. The zero-order chi connectivity index (χ0) is 9.84. The summed E-state index contributed by atoms with van der Waals surface area (Å²) in [4.78, 5) is 14.2. The van der Waals surface area contributed by atoms with Crippen LogP contribution in [0.1, 0.15) is 6.42 Å². The molecule has 0 radical (unpaired) electrons. The van der Waals surface area contributed by atoms with Crippen LogP contribution >= 0.6 is 0 Å². The van der Waals surface area contributed by atoms with E-state index in [0.717, 1.165) is 4.90 Å². The van der Waals surface area contributed by atoms with Gasteiger partial charge in [0.15, 0.2) is 0 Å². The second-order valence-electron chi connectivity index (χ2n) is 2.86. The highest BCUT2D eigenvalue weighted by Crippen LogP contribution is 2.14. The molecule has 1 saturated heterocycles. The number of carboxylic acid groups (broad SMARTS) is 1. The highest BCUT2D eigenvalue weighted by atomic mass is 16.4. The molecule has 0 saturated carbocycles. The van der Waals surface area contributed by atoms with Crippen molar-refractivity contribution in [1.29, 1.82) is 0 Å². The fourth-order valence-electron chi connectivity index (χ4n) is 1.27. The lowest BCUT2D eigenvalue weighted by atomic mass is 10.0. The van der Waals surface area contributed by atoms with Gasteiger partial charge < -0.3 is 15.1 Å². The first-order valence-electron chi connectivity index (χ1n) is 3.85. The first-order valence-corrected chi connectivity index (χ1v) is 3.85. The molecule has 0 aromatic heterocycles. The van der Waals surface area contributed by atoms with E-state index < -0.39 is 18.2 Å². The molecule has 72 valence electrons. The van der Waals surface area contributed by atoms with Crippen LogP contribution in [0.25, 0.3) is 10.4 Å². The third kappa shape index (κ3) is 2.24. The molecule has 1 fully saturated rings. The van der Waals surface area contributed by atoms with E-state index in [1.165, 1.54) is 0 Å². The zero-order valence-electron chi connectivity index (χ0n) is 6.87. The first-order chi connectivity index (χ1) is 6.15. The van der Waals surface area contributed by atoms with Crippen molar-refractivity contribution in [2.75, 3.05) is 13.1 Å². The van der Waals surface area contributed by atoms with Gasteiger partial charge in [-0.2, -0.15) is 0 Å². The Labute approximate surface area is 74.2 Å². The predicted molar refractivity (Wildman–Crippen MR) is 43.2 cm³/mol. The van der Waals surface area contributed by atoms with Crippen LogP contribution in [0.4, 0.5) is 4.79 Å². The van der Waals surface area contributed by atoms with Crippen LogP contribution in [0.5, 0.6) is 0 Å². The van der Waals surface area contributed by atoms with E-state index in [0.29, 0.717) is 6.42 Å². The van der Waals surface area contributed by atoms with Gasteiger partial charge in [0.1, 0.15) is 0 Å². The second kappa shape index (κ2) is 3.97. The van der Waals surface area contributed by atoms with Gasteiger partial charge in [-0.3, -0.25) is 0 Å². The Morgan fingerprint density at radius 1 is 1.69 bits per heavy atom. The maximum absolute atomic E-state index is 10.5. The second-order valence-corrected chi connectivity index (χ2v) is 2.86. The van der Waals surface area contributed by atoms with Crippen LogP contribution in [0.15, 0.2) is 5.11 Å². The number of nitrogens with zero attached hydrogens (tertiary/aromatic N) is 4. The fourth-order valence-corrected chi connectivity index (χ4v) is 1.27. The molecule has 0 unspecified atom stereocenters. The number of rotatable bonds is 1. The fraction of sp³-hybridized carbons (Fsp3) is 0.833. The van der Waals surface area contributed by atoms with E-state index in [1.807, 2.05) is 0 Å². The third-order valence-electron chi connectivity index (χ3n) is 2.02. The van der Waals surface area contributed by atoms with E-state index in [9.17, 15) is 9.90 Å². The molecule has 0 aromatic carbocycles. The number of hydrogen-bond acceptors (Lipinski definition) is 3. The van der Waals surface area contributed by atoms with Gasteiger partial charge in [-0.05, 0) is 12.0 Å². The molecule has 0 bridgehead atoms. The van der Waals surface area contributed by atoms with Gasteiger partial charge in [-0.25, -0.2) is 4.79 Å². The maximum atomic E-state index is 10.5. The van der Waals surface area contributed by atoms with Crippen molar-refractivity contribution in [3.05, 3.63) is 10.4 Å². The molecule has 0 aromatic rings. The first kappa shape index (κ1) is 9.63. The predicted octanol–water partition coefficient (Wildman–Crippen LogP) is 0.410. The minimum Gasteiger partial charge on any atom is -0.465 e. The van der Waals surface area contributed by atoms with Crippen molar-refractivity contribution < 1.29 is 15.0 Å². The van der Waals surface area contributed by atoms with E-state index in [-0.39, 0.29) is 13.1 Å². The summed E-state index contributed by atoms with van der Waals surface area (Å²) in [5, 5.41) is 21.3. The van der Waals surface area contributed by atoms with Crippen molar-refractivity contribution >= 4 is 6.09 Å². The molecule has 2 atom stereocenters. The quantitative estimate of drug-likeness (QED) is 0.351. The van der Waals surface area contributed by atoms with Crippen LogP contribution in [0, 0.1) is 0 Å². The Morgan fingerprint density at radius 3 is 2.92 bits per heavy atom. The minimum absolute atomic E-state index is 0.0700. The normalized spacial score (nSPS) is 27.9. The van der Waals surface area contributed by atoms with Gasteiger partial charge >= 0.3 is 6.09 Å². The summed E-state index contributed by atoms with van der Waals surface area (Å²) in [5.74, 6) is 0. The molecule has 1 amide bonds. The van der Waals surface area contributed by atoms with E-state index in [4.69, 9.17) is 10.6 Å². The molecular weight excluding hydrogens is 176 g/mol. The standard InChI is InChI=1S/C6H10N4O3/c7-9-8-4-3-10(6(12)13)2-1-5(4)11/h4-5,11H,1-3H2,(H,12,13)/t4-,5-/m0/s1. The van der Waals surface area contributed by atoms with Crippen molar-refractivity contribution in [2.24, 2.45) is 5.11 Å². The number of aliphatic hydroxyl groups is 1. The van der Waals surface area contributed by atoms with Gasteiger partial charge in [-0.15, -0.1) is 0 Å². The van der Waals surface area contributed by atoms with Crippen molar-refractivity contribution in [3.8, 4) is 0 Å². The molecule has 1 aliphatic rings. The largest absolute Gasteiger partial charge is 0.465 e. The zero-order valence-corrected chi connectivity index (χ0v) is 6.87. The van der Waals surface area contributed by atoms with Crippen LogP contribution in [0.2, 0.25) is 0 Å². The van der Waals surface area contributed by atoms with Crippen LogP contribution in [-0.2, 0) is 0 Å². The highest BCUT2D eigenvalue weighted by molar-refractivity contribution is 5.65. The average Bonchev–Trinajstić information content (AvgIpc) is 2.08. The van der Waals surface area contributed by atoms with Gasteiger partial charge in [0.05, 0.1) is 12.1 Å². The number of azide groups is 1.